The second-order valence-corrected chi connectivity index (χ2v) is 4.45. The molecule has 0 bridgehead atoms. The normalized spacial score (nSPS) is 26.4. The maximum absolute atomic E-state index is 4.14. The van der Waals surface area contributed by atoms with E-state index >= 15 is 0 Å². The van der Waals surface area contributed by atoms with Crippen molar-refractivity contribution in [1.29, 1.82) is 0 Å². The van der Waals surface area contributed by atoms with Gasteiger partial charge in [0.05, 0.1) is 11.9 Å². The molecule has 0 unspecified atom stereocenters. The van der Waals surface area contributed by atoms with Gasteiger partial charge in [-0.15, -0.1) is 0 Å². The third-order valence-corrected chi connectivity index (χ3v) is 3.09. The highest BCUT2D eigenvalue weighted by Gasteiger charge is 2.21. The van der Waals surface area contributed by atoms with Crippen LogP contribution >= 0.6 is 0 Å². The van der Waals surface area contributed by atoms with Crippen LogP contribution in [0.25, 0.3) is 0 Å². The van der Waals surface area contributed by atoms with E-state index in [4.69, 9.17) is 0 Å². The van der Waals surface area contributed by atoms with Crippen molar-refractivity contribution in [3.05, 3.63) is 24.0 Å². The summed E-state index contributed by atoms with van der Waals surface area (Å²) in [5.74, 6) is 0.879. The van der Waals surface area contributed by atoms with E-state index < -0.39 is 0 Å². The quantitative estimate of drug-likeness (QED) is 0.775. The van der Waals surface area contributed by atoms with Crippen molar-refractivity contribution in [2.45, 2.75) is 39.2 Å². The predicted octanol–water partition coefficient (Wildman–Crippen LogP) is 2.99. The molecule has 2 rings (SSSR count). The summed E-state index contributed by atoms with van der Waals surface area (Å²) < 4.78 is 0. The summed E-state index contributed by atoms with van der Waals surface area (Å²) in [5.41, 5.74) is 2.49. The first-order valence-corrected chi connectivity index (χ1v) is 5.43. The number of rotatable bonds is 2. The Morgan fingerprint density at radius 2 is 2.29 bits per heavy atom. The zero-order valence-electron chi connectivity index (χ0n) is 8.96. The molecule has 1 aromatic rings. The van der Waals surface area contributed by atoms with Crippen molar-refractivity contribution in [1.82, 2.24) is 4.98 Å². The van der Waals surface area contributed by atoms with Gasteiger partial charge in [0.2, 0.25) is 0 Å². The van der Waals surface area contributed by atoms with Crippen molar-refractivity contribution in [3.63, 3.8) is 0 Å². The summed E-state index contributed by atoms with van der Waals surface area (Å²) in [6.07, 6.45) is 7.73. The monoisotopic (exact) mass is 190 g/mol. The van der Waals surface area contributed by atoms with Crippen LogP contribution in [0.3, 0.4) is 0 Å². The van der Waals surface area contributed by atoms with Gasteiger partial charge in [-0.25, -0.2) is 0 Å². The zero-order valence-corrected chi connectivity index (χ0v) is 8.96. The standard InChI is InChI=1S/C12H18N2/c1-9-3-4-11(7-9)14-12-8-13-6-5-10(12)2/h5-6,8-9,11,14H,3-4,7H2,1-2H3/t9-,11-/m0/s1. The number of aryl methyl sites for hydroxylation is 1. The van der Waals surface area contributed by atoms with Gasteiger partial charge >= 0.3 is 0 Å². The Morgan fingerprint density at radius 3 is 2.93 bits per heavy atom. The fraction of sp³-hybridized carbons (Fsp3) is 0.583. The summed E-state index contributed by atoms with van der Waals surface area (Å²) in [7, 11) is 0. The first kappa shape index (κ1) is 9.50. The van der Waals surface area contributed by atoms with Crippen molar-refractivity contribution in [2.24, 2.45) is 5.92 Å². The van der Waals surface area contributed by atoms with E-state index in [-0.39, 0.29) is 0 Å². The molecule has 1 heterocycles. The number of nitrogens with one attached hydrogen (secondary N) is 1. The van der Waals surface area contributed by atoms with Crippen LogP contribution < -0.4 is 5.32 Å². The van der Waals surface area contributed by atoms with Gasteiger partial charge in [-0.05, 0) is 43.7 Å². The van der Waals surface area contributed by atoms with E-state index in [0.717, 1.165) is 5.92 Å². The number of anilines is 1. The second-order valence-electron chi connectivity index (χ2n) is 4.45. The highest BCUT2D eigenvalue weighted by molar-refractivity contribution is 5.48. The van der Waals surface area contributed by atoms with Crippen molar-refractivity contribution < 1.29 is 0 Å². The van der Waals surface area contributed by atoms with Crippen molar-refractivity contribution in [2.75, 3.05) is 5.32 Å². The average molecular weight is 190 g/mol. The van der Waals surface area contributed by atoms with E-state index in [2.05, 4.69) is 30.2 Å². The maximum atomic E-state index is 4.14. The topological polar surface area (TPSA) is 24.9 Å². The summed E-state index contributed by atoms with van der Waals surface area (Å²) in [5, 5.41) is 3.58. The van der Waals surface area contributed by atoms with Gasteiger partial charge in [-0.2, -0.15) is 0 Å². The molecule has 0 radical (unpaired) electrons. The molecule has 1 aliphatic rings. The van der Waals surface area contributed by atoms with E-state index in [1.54, 1.807) is 0 Å². The molecule has 1 N–H and O–H groups in total. The fourth-order valence-electron chi connectivity index (χ4n) is 2.17. The molecular formula is C12H18N2. The average Bonchev–Trinajstić information content (AvgIpc) is 2.56. The largest absolute Gasteiger partial charge is 0.381 e. The molecule has 2 atom stereocenters. The zero-order chi connectivity index (χ0) is 9.97. The SMILES string of the molecule is Cc1ccncc1N[C@H]1CC[C@H](C)C1. The Kier molecular flexibility index (Phi) is 2.71. The molecule has 2 heteroatoms. The third kappa shape index (κ3) is 2.06. The van der Waals surface area contributed by atoms with Gasteiger partial charge in [0.25, 0.3) is 0 Å². The van der Waals surface area contributed by atoms with E-state index in [9.17, 15) is 0 Å². The number of pyridine rings is 1. The molecule has 2 nitrogen and oxygen atoms in total. The highest BCUT2D eigenvalue weighted by atomic mass is 14.9. The van der Waals surface area contributed by atoms with E-state index in [1.807, 2.05) is 12.4 Å². The Labute approximate surface area is 85.7 Å². The van der Waals surface area contributed by atoms with Crippen LogP contribution in [0.4, 0.5) is 5.69 Å². The maximum Gasteiger partial charge on any atom is 0.0558 e. The molecule has 1 fully saturated rings. The molecule has 14 heavy (non-hydrogen) atoms. The third-order valence-electron chi connectivity index (χ3n) is 3.09. The van der Waals surface area contributed by atoms with Crippen LogP contribution in [0.5, 0.6) is 0 Å². The minimum Gasteiger partial charge on any atom is -0.381 e. The molecule has 0 saturated heterocycles. The molecule has 0 aromatic carbocycles. The lowest BCUT2D eigenvalue weighted by Gasteiger charge is -2.15. The van der Waals surface area contributed by atoms with Gasteiger partial charge in [0.15, 0.2) is 0 Å². The number of hydrogen-bond donors (Lipinski definition) is 1. The van der Waals surface area contributed by atoms with Crippen LogP contribution in [-0.4, -0.2) is 11.0 Å². The number of aromatic nitrogens is 1. The fourth-order valence-corrected chi connectivity index (χ4v) is 2.17. The lowest BCUT2D eigenvalue weighted by molar-refractivity contribution is 0.602. The molecule has 0 spiro atoms. The lowest BCUT2D eigenvalue weighted by atomic mass is 10.1. The molecular weight excluding hydrogens is 172 g/mol. The second kappa shape index (κ2) is 3.99. The number of hydrogen-bond acceptors (Lipinski definition) is 2. The molecule has 1 aliphatic carbocycles. The van der Waals surface area contributed by atoms with E-state index in [0.29, 0.717) is 6.04 Å². The summed E-state index contributed by atoms with van der Waals surface area (Å²) in [6.45, 7) is 4.46. The molecule has 0 aliphatic heterocycles. The van der Waals surface area contributed by atoms with Crippen molar-refractivity contribution >= 4 is 5.69 Å². The minimum atomic E-state index is 0.660. The van der Waals surface area contributed by atoms with Gasteiger partial charge in [0, 0.05) is 12.2 Å². The Bertz CT molecular complexity index is 309. The van der Waals surface area contributed by atoms with Crippen LogP contribution in [0.15, 0.2) is 18.5 Å². The first-order chi connectivity index (χ1) is 6.75. The van der Waals surface area contributed by atoms with Gasteiger partial charge < -0.3 is 5.32 Å². The first-order valence-electron chi connectivity index (χ1n) is 5.43. The van der Waals surface area contributed by atoms with Crippen LogP contribution in [0.1, 0.15) is 31.7 Å². The minimum absolute atomic E-state index is 0.660. The molecule has 0 amide bonds. The Hall–Kier alpha value is -1.05. The summed E-state index contributed by atoms with van der Waals surface area (Å²) in [6, 6.07) is 2.72. The predicted molar refractivity (Wildman–Crippen MR) is 59.4 cm³/mol. The van der Waals surface area contributed by atoms with Crippen LogP contribution in [0.2, 0.25) is 0 Å². The molecule has 1 saturated carbocycles. The van der Waals surface area contributed by atoms with Gasteiger partial charge in [-0.3, -0.25) is 4.98 Å². The molecule has 1 aromatic heterocycles. The summed E-state index contributed by atoms with van der Waals surface area (Å²) >= 11 is 0. The van der Waals surface area contributed by atoms with Crippen molar-refractivity contribution in [3.8, 4) is 0 Å². The van der Waals surface area contributed by atoms with Crippen LogP contribution in [0, 0.1) is 12.8 Å². The Morgan fingerprint density at radius 1 is 1.43 bits per heavy atom. The Balaban J connectivity index is 2.01. The smallest absolute Gasteiger partial charge is 0.0558 e. The number of nitrogens with zero attached hydrogens (tertiary/aromatic N) is 1. The lowest BCUT2D eigenvalue weighted by Crippen LogP contribution is -2.16. The molecule has 76 valence electrons. The van der Waals surface area contributed by atoms with Gasteiger partial charge in [-0.1, -0.05) is 6.92 Å². The summed E-state index contributed by atoms with van der Waals surface area (Å²) in [4.78, 5) is 4.14. The van der Waals surface area contributed by atoms with Gasteiger partial charge in [0.1, 0.15) is 0 Å². The van der Waals surface area contributed by atoms with E-state index in [1.165, 1.54) is 30.5 Å². The highest BCUT2D eigenvalue weighted by Crippen LogP contribution is 2.27. The van der Waals surface area contributed by atoms with Crippen LogP contribution in [-0.2, 0) is 0 Å².